The van der Waals surface area contributed by atoms with Gasteiger partial charge in [0.05, 0.1) is 0 Å². The third-order valence-electron chi connectivity index (χ3n) is 6.75. The lowest BCUT2D eigenvalue weighted by Crippen LogP contribution is -1.95. The first kappa shape index (κ1) is 22.0. The molecule has 1 nitrogen and oxygen atoms in total. The Morgan fingerprint density at radius 1 is 0.735 bits per heavy atom. The van der Waals surface area contributed by atoms with E-state index in [4.69, 9.17) is 5.73 Å². The van der Waals surface area contributed by atoms with Gasteiger partial charge in [-0.3, -0.25) is 0 Å². The third-order valence-corrected chi connectivity index (χ3v) is 6.75. The first-order chi connectivity index (χ1) is 16.7. The van der Waals surface area contributed by atoms with Gasteiger partial charge in [0.2, 0.25) is 0 Å². The van der Waals surface area contributed by atoms with E-state index in [1.807, 2.05) is 18.2 Å². The third kappa shape index (κ3) is 4.89. The van der Waals surface area contributed by atoms with Crippen LogP contribution >= 0.6 is 0 Å². The maximum atomic E-state index is 6.13. The summed E-state index contributed by atoms with van der Waals surface area (Å²) in [6.45, 7) is 4.33. The number of benzene rings is 4. The van der Waals surface area contributed by atoms with Gasteiger partial charge in [-0.25, -0.2) is 0 Å². The highest BCUT2D eigenvalue weighted by Crippen LogP contribution is 2.30. The molecule has 5 rings (SSSR count). The fraction of sp³-hybridized carbons (Fsp3) is 0.152. The zero-order valence-electron chi connectivity index (χ0n) is 19.6. The summed E-state index contributed by atoms with van der Waals surface area (Å²) in [6.07, 6.45) is 12.6. The summed E-state index contributed by atoms with van der Waals surface area (Å²) >= 11 is 0. The maximum absolute atomic E-state index is 6.13. The molecule has 4 aromatic rings. The molecule has 0 bridgehead atoms. The molecule has 0 saturated heterocycles. The van der Waals surface area contributed by atoms with Gasteiger partial charge < -0.3 is 5.73 Å². The molecule has 0 saturated carbocycles. The number of nitrogens with two attached hydrogens (primary N) is 1. The van der Waals surface area contributed by atoms with Crippen molar-refractivity contribution < 1.29 is 0 Å². The highest BCUT2D eigenvalue weighted by Gasteiger charge is 2.07. The van der Waals surface area contributed by atoms with Crippen LogP contribution in [-0.2, 0) is 6.42 Å². The van der Waals surface area contributed by atoms with E-state index < -0.39 is 0 Å². The Labute approximate surface area is 203 Å². The lowest BCUT2D eigenvalue weighted by molar-refractivity contribution is 0.759. The van der Waals surface area contributed by atoms with Crippen LogP contribution in [0.15, 0.2) is 110 Å². The van der Waals surface area contributed by atoms with Gasteiger partial charge in [-0.1, -0.05) is 91.5 Å². The fourth-order valence-electron chi connectivity index (χ4n) is 4.68. The molecule has 0 atom stereocenters. The summed E-state index contributed by atoms with van der Waals surface area (Å²) in [5.41, 5.74) is 15.4. The van der Waals surface area contributed by atoms with E-state index in [1.54, 1.807) is 0 Å². The number of allylic oxidation sites excluding steroid dienone is 5. The van der Waals surface area contributed by atoms with Crippen molar-refractivity contribution in [3.8, 4) is 11.1 Å². The van der Waals surface area contributed by atoms with Crippen LogP contribution in [0, 0.1) is 0 Å². The summed E-state index contributed by atoms with van der Waals surface area (Å²) < 4.78 is 0. The van der Waals surface area contributed by atoms with Crippen molar-refractivity contribution in [3.63, 3.8) is 0 Å². The molecule has 0 spiro atoms. The van der Waals surface area contributed by atoms with E-state index in [1.165, 1.54) is 58.7 Å². The molecule has 2 N–H and O–H groups in total. The van der Waals surface area contributed by atoms with Gasteiger partial charge in [0.1, 0.15) is 0 Å². The van der Waals surface area contributed by atoms with Crippen LogP contribution in [0.4, 0.5) is 5.69 Å². The second-order valence-corrected chi connectivity index (χ2v) is 9.18. The van der Waals surface area contributed by atoms with Gasteiger partial charge in [-0.05, 0) is 100 Å². The Bertz CT molecular complexity index is 1390. The highest BCUT2D eigenvalue weighted by molar-refractivity contribution is 5.90. The van der Waals surface area contributed by atoms with E-state index in [0.717, 1.165) is 28.8 Å². The van der Waals surface area contributed by atoms with Crippen molar-refractivity contribution in [3.05, 3.63) is 126 Å². The van der Waals surface area contributed by atoms with E-state index in [0.29, 0.717) is 0 Å². The fourth-order valence-corrected chi connectivity index (χ4v) is 4.68. The minimum atomic E-state index is 0.758. The van der Waals surface area contributed by atoms with Crippen LogP contribution in [0.1, 0.15) is 42.4 Å². The van der Waals surface area contributed by atoms with Gasteiger partial charge in [0.25, 0.3) is 0 Å². The Morgan fingerprint density at radius 3 is 2.29 bits per heavy atom. The van der Waals surface area contributed by atoms with Crippen LogP contribution < -0.4 is 5.73 Å². The number of rotatable bonds is 5. The first-order valence-electron chi connectivity index (χ1n) is 12.2. The molecule has 0 fully saturated rings. The SMILES string of the molecule is C=C(Cc1ccccc1N)c1ccc2cc(-c3ccc(C4=CCCCCC=C4)cc3)ccc2c1. The molecule has 0 heterocycles. The molecular weight excluding hydrogens is 410 g/mol. The molecule has 0 amide bonds. The van der Waals surface area contributed by atoms with Gasteiger partial charge >= 0.3 is 0 Å². The summed E-state index contributed by atoms with van der Waals surface area (Å²) in [5, 5.41) is 2.47. The molecule has 0 aliphatic heterocycles. The molecule has 1 heteroatoms. The number of anilines is 1. The molecular formula is C33H31N. The van der Waals surface area contributed by atoms with Gasteiger partial charge in [0, 0.05) is 5.69 Å². The lowest BCUT2D eigenvalue weighted by Gasteiger charge is -2.11. The van der Waals surface area contributed by atoms with Crippen LogP contribution in [0.25, 0.3) is 33.0 Å². The number of para-hydroxylation sites is 1. The Kier molecular flexibility index (Phi) is 6.44. The topological polar surface area (TPSA) is 26.0 Å². The number of hydrogen-bond donors (Lipinski definition) is 1. The molecule has 0 aromatic heterocycles. The second-order valence-electron chi connectivity index (χ2n) is 9.18. The Balaban J connectivity index is 1.36. The molecule has 1 aliphatic carbocycles. The summed E-state index contributed by atoms with van der Waals surface area (Å²) in [6, 6.07) is 30.3. The number of fused-ring (bicyclic) bond motifs is 1. The highest BCUT2D eigenvalue weighted by atomic mass is 14.6. The van der Waals surface area contributed by atoms with E-state index in [-0.39, 0.29) is 0 Å². The lowest BCUT2D eigenvalue weighted by atomic mass is 9.94. The van der Waals surface area contributed by atoms with Crippen LogP contribution in [0.2, 0.25) is 0 Å². The average molecular weight is 442 g/mol. The molecule has 4 aromatic carbocycles. The minimum Gasteiger partial charge on any atom is -0.398 e. The maximum Gasteiger partial charge on any atom is 0.0349 e. The van der Waals surface area contributed by atoms with Gasteiger partial charge in [-0.15, -0.1) is 0 Å². The zero-order chi connectivity index (χ0) is 23.3. The molecule has 168 valence electrons. The van der Waals surface area contributed by atoms with Crippen molar-refractivity contribution in [2.24, 2.45) is 0 Å². The monoisotopic (exact) mass is 441 g/mol. The van der Waals surface area contributed by atoms with E-state index in [2.05, 4.69) is 91.5 Å². The summed E-state index contributed by atoms with van der Waals surface area (Å²) in [5.74, 6) is 0. The quantitative estimate of drug-likeness (QED) is 0.307. The summed E-state index contributed by atoms with van der Waals surface area (Å²) in [4.78, 5) is 0. The zero-order valence-corrected chi connectivity index (χ0v) is 19.6. The largest absolute Gasteiger partial charge is 0.398 e. The van der Waals surface area contributed by atoms with E-state index in [9.17, 15) is 0 Å². The van der Waals surface area contributed by atoms with Crippen molar-refractivity contribution >= 4 is 27.6 Å². The van der Waals surface area contributed by atoms with Crippen molar-refractivity contribution in [1.29, 1.82) is 0 Å². The van der Waals surface area contributed by atoms with Gasteiger partial charge in [0.15, 0.2) is 0 Å². The normalized spacial score (nSPS) is 13.8. The van der Waals surface area contributed by atoms with E-state index >= 15 is 0 Å². The molecule has 34 heavy (non-hydrogen) atoms. The number of hydrogen-bond acceptors (Lipinski definition) is 1. The smallest absolute Gasteiger partial charge is 0.0349 e. The average Bonchev–Trinajstić information content (AvgIpc) is 2.85. The molecule has 0 radical (unpaired) electrons. The van der Waals surface area contributed by atoms with Crippen molar-refractivity contribution in [2.75, 3.05) is 5.73 Å². The summed E-state index contributed by atoms with van der Waals surface area (Å²) in [7, 11) is 0. The van der Waals surface area contributed by atoms with Crippen molar-refractivity contribution in [2.45, 2.75) is 32.1 Å². The van der Waals surface area contributed by atoms with Gasteiger partial charge in [-0.2, -0.15) is 0 Å². The molecule has 0 unspecified atom stereocenters. The Hall–Kier alpha value is -3.84. The van der Waals surface area contributed by atoms with Crippen LogP contribution in [0.5, 0.6) is 0 Å². The second kappa shape index (κ2) is 9.97. The van der Waals surface area contributed by atoms with Crippen LogP contribution in [0.3, 0.4) is 0 Å². The minimum absolute atomic E-state index is 0.758. The predicted octanol–water partition coefficient (Wildman–Crippen LogP) is 8.86. The van der Waals surface area contributed by atoms with Crippen LogP contribution in [-0.4, -0.2) is 0 Å². The van der Waals surface area contributed by atoms with Crippen molar-refractivity contribution in [1.82, 2.24) is 0 Å². The number of nitrogen functional groups attached to an aromatic ring is 1. The predicted molar refractivity (Wildman–Crippen MR) is 149 cm³/mol. The molecule has 1 aliphatic rings. The Morgan fingerprint density at radius 2 is 1.44 bits per heavy atom. The standard InChI is InChI=1S/C33H31N/c1-24(21-32-11-7-8-12-33(32)34)28-17-18-31-23-29(19-20-30(31)22-28)27-15-13-26(14-16-27)25-9-5-3-2-4-6-10-25/h5,7-20,22-23H,1-4,6,21,34H2. The first-order valence-corrected chi connectivity index (χ1v) is 12.2.